The number of amides is 1. The van der Waals surface area contributed by atoms with Crippen LogP contribution in [-0.2, 0) is 19.4 Å². The van der Waals surface area contributed by atoms with Crippen molar-refractivity contribution in [2.75, 3.05) is 20.8 Å². The van der Waals surface area contributed by atoms with Crippen LogP contribution in [0.15, 0.2) is 12.1 Å². The minimum absolute atomic E-state index is 0.0921. The van der Waals surface area contributed by atoms with Gasteiger partial charge in [-0.3, -0.25) is 4.79 Å². The molecule has 6 heteroatoms. The lowest BCUT2D eigenvalue weighted by molar-refractivity contribution is 0.0738. The third kappa shape index (κ3) is 3.49. The van der Waals surface area contributed by atoms with Gasteiger partial charge in [0.25, 0.3) is 5.91 Å². The quantitative estimate of drug-likeness (QED) is 0.817. The largest absolute Gasteiger partial charge is 0.493 e. The summed E-state index contributed by atoms with van der Waals surface area (Å²) >= 11 is 1.50. The molecule has 0 aliphatic carbocycles. The summed E-state index contributed by atoms with van der Waals surface area (Å²) in [6.45, 7) is 5.38. The van der Waals surface area contributed by atoms with Gasteiger partial charge in [-0.15, -0.1) is 11.3 Å². The number of rotatable bonds is 5. The van der Waals surface area contributed by atoms with Crippen molar-refractivity contribution < 1.29 is 14.3 Å². The van der Waals surface area contributed by atoms with Gasteiger partial charge in [0, 0.05) is 13.1 Å². The molecule has 134 valence electrons. The fraction of sp³-hybridized carbons (Fsp3) is 0.474. The SMILES string of the molecule is CCCc1nc(C)sc1C(=O)N1CCc2cc(OC)c(OC)cc2C1. The average molecular weight is 360 g/mol. The van der Waals surface area contributed by atoms with Crippen molar-refractivity contribution in [1.82, 2.24) is 9.88 Å². The van der Waals surface area contributed by atoms with Crippen LogP contribution in [0.4, 0.5) is 0 Å². The van der Waals surface area contributed by atoms with E-state index in [1.807, 2.05) is 24.0 Å². The molecule has 2 heterocycles. The number of aromatic nitrogens is 1. The Balaban J connectivity index is 1.86. The Kier molecular flexibility index (Phi) is 5.27. The maximum atomic E-state index is 13.0. The smallest absolute Gasteiger partial charge is 0.266 e. The lowest BCUT2D eigenvalue weighted by atomic mass is 9.98. The molecule has 1 aliphatic rings. The van der Waals surface area contributed by atoms with Crippen LogP contribution in [0.25, 0.3) is 0 Å². The van der Waals surface area contributed by atoms with Crippen molar-refractivity contribution in [3.8, 4) is 11.5 Å². The van der Waals surface area contributed by atoms with Crippen molar-refractivity contribution >= 4 is 17.2 Å². The monoisotopic (exact) mass is 360 g/mol. The van der Waals surface area contributed by atoms with E-state index in [4.69, 9.17) is 9.47 Å². The number of carbonyl (C=O) groups is 1. The zero-order chi connectivity index (χ0) is 18.0. The highest BCUT2D eigenvalue weighted by Crippen LogP contribution is 2.34. The van der Waals surface area contributed by atoms with E-state index >= 15 is 0 Å². The Morgan fingerprint density at radius 2 is 1.92 bits per heavy atom. The topological polar surface area (TPSA) is 51.7 Å². The number of methoxy groups -OCH3 is 2. The molecule has 0 fully saturated rings. The second-order valence-corrected chi connectivity index (χ2v) is 7.41. The van der Waals surface area contributed by atoms with Gasteiger partial charge >= 0.3 is 0 Å². The summed E-state index contributed by atoms with van der Waals surface area (Å²) < 4.78 is 10.8. The Labute approximate surface area is 152 Å². The number of thiazole rings is 1. The van der Waals surface area contributed by atoms with Crippen LogP contribution >= 0.6 is 11.3 Å². The first-order valence-electron chi connectivity index (χ1n) is 8.56. The molecule has 25 heavy (non-hydrogen) atoms. The maximum absolute atomic E-state index is 13.0. The van der Waals surface area contributed by atoms with E-state index in [-0.39, 0.29) is 5.91 Å². The minimum Gasteiger partial charge on any atom is -0.493 e. The molecule has 0 radical (unpaired) electrons. The molecule has 1 amide bonds. The van der Waals surface area contributed by atoms with Gasteiger partial charge in [0.15, 0.2) is 11.5 Å². The van der Waals surface area contributed by atoms with Crippen LogP contribution in [-0.4, -0.2) is 36.6 Å². The fourth-order valence-corrected chi connectivity index (χ4v) is 4.18. The van der Waals surface area contributed by atoms with Crippen molar-refractivity contribution in [1.29, 1.82) is 0 Å². The second-order valence-electron chi connectivity index (χ2n) is 6.21. The van der Waals surface area contributed by atoms with Crippen molar-refractivity contribution in [2.45, 2.75) is 39.7 Å². The van der Waals surface area contributed by atoms with E-state index in [9.17, 15) is 4.79 Å². The highest BCUT2D eigenvalue weighted by molar-refractivity contribution is 7.13. The lowest BCUT2D eigenvalue weighted by Crippen LogP contribution is -2.36. The highest BCUT2D eigenvalue weighted by Gasteiger charge is 2.26. The molecule has 2 aromatic rings. The molecular weight excluding hydrogens is 336 g/mol. The number of benzene rings is 1. The summed E-state index contributed by atoms with van der Waals surface area (Å²) in [4.78, 5) is 20.3. The average Bonchev–Trinajstić information content (AvgIpc) is 3.00. The van der Waals surface area contributed by atoms with Crippen LogP contribution < -0.4 is 9.47 Å². The van der Waals surface area contributed by atoms with E-state index < -0.39 is 0 Å². The summed E-state index contributed by atoms with van der Waals surface area (Å²) in [6, 6.07) is 4.01. The summed E-state index contributed by atoms with van der Waals surface area (Å²) in [5, 5.41) is 0.954. The predicted octanol–water partition coefficient (Wildman–Crippen LogP) is 3.62. The molecule has 0 bridgehead atoms. The summed E-state index contributed by atoms with van der Waals surface area (Å²) in [6.07, 6.45) is 2.66. The van der Waals surface area contributed by atoms with Gasteiger partial charge in [0.2, 0.25) is 0 Å². The van der Waals surface area contributed by atoms with Crippen LogP contribution in [0.5, 0.6) is 11.5 Å². The zero-order valence-electron chi connectivity index (χ0n) is 15.2. The molecule has 0 N–H and O–H groups in total. The van der Waals surface area contributed by atoms with Gasteiger partial charge < -0.3 is 14.4 Å². The molecule has 1 aromatic carbocycles. The van der Waals surface area contributed by atoms with Gasteiger partial charge in [0.05, 0.1) is 24.9 Å². The Morgan fingerprint density at radius 3 is 2.56 bits per heavy atom. The summed E-state index contributed by atoms with van der Waals surface area (Å²) in [7, 11) is 3.28. The number of hydrogen-bond donors (Lipinski definition) is 0. The molecule has 1 aromatic heterocycles. The minimum atomic E-state index is 0.0921. The number of nitrogens with zero attached hydrogens (tertiary/aromatic N) is 2. The van der Waals surface area contributed by atoms with Gasteiger partial charge in [-0.2, -0.15) is 0 Å². The molecule has 1 aliphatic heterocycles. The Hall–Kier alpha value is -2.08. The lowest BCUT2D eigenvalue weighted by Gasteiger charge is -2.29. The molecule has 0 spiro atoms. The van der Waals surface area contributed by atoms with E-state index in [2.05, 4.69) is 11.9 Å². The van der Waals surface area contributed by atoms with Gasteiger partial charge in [-0.25, -0.2) is 4.98 Å². The molecule has 0 unspecified atom stereocenters. The Morgan fingerprint density at radius 1 is 1.24 bits per heavy atom. The van der Waals surface area contributed by atoms with Crippen molar-refractivity contribution in [3.63, 3.8) is 0 Å². The third-order valence-electron chi connectivity index (χ3n) is 4.49. The third-order valence-corrected chi connectivity index (χ3v) is 5.49. The molecule has 0 atom stereocenters. The zero-order valence-corrected chi connectivity index (χ0v) is 16.0. The first kappa shape index (κ1) is 17.7. The Bertz CT molecular complexity index is 785. The standard InChI is InChI=1S/C19H24N2O3S/c1-5-6-15-18(25-12(2)20-15)19(22)21-8-7-13-9-16(23-3)17(24-4)10-14(13)11-21/h9-10H,5-8,11H2,1-4H3. The van der Waals surface area contributed by atoms with Crippen molar-refractivity contribution in [3.05, 3.63) is 38.8 Å². The predicted molar refractivity (Wildman–Crippen MR) is 98.8 cm³/mol. The molecular formula is C19H24N2O3S. The van der Waals surface area contributed by atoms with Crippen LogP contribution in [0, 0.1) is 6.92 Å². The maximum Gasteiger partial charge on any atom is 0.266 e. The number of hydrogen-bond acceptors (Lipinski definition) is 5. The molecule has 0 saturated carbocycles. The van der Waals surface area contributed by atoms with Crippen molar-refractivity contribution in [2.24, 2.45) is 0 Å². The summed E-state index contributed by atoms with van der Waals surface area (Å²) in [5.41, 5.74) is 3.28. The normalized spacial score (nSPS) is 13.5. The van der Waals surface area contributed by atoms with Crippen LogP contribution in [0.1, 0.15) is 44.8 Å². The fourth-order valence-electron chi connectivity index (χ4n) is 3.24. The van der Waals surface area contributed by atoms with Gasteiger partial charge in [-0.05, 0) is 43.0 Å². The molecule has 3 rings (SSSR count). The highest BCUT2D eigenvalue weighted by atomic mass is 32.1. The van der Waals surface area contributed by atoms with E-state index in [1.165, 1.54) is 16.9 Å². The van der Waals surface area contributed by atoms with Crippen LogP contribution in [0.3, 0.4) is 0 Å². The number of ether oxygens (including phenoxy) is 2. The number of fused-ring (bicyclic) bond motifs is 1. The van der Waals surface area contributed by atoms with Gasteiger partial charge in [0.1, 0.15) is 4.88 Å². The first-order chi connectivity index (χ1) is 12.1. The van der Waals surface area contributed by atoms with Crippen LogP contribution in [0.2, 0.25) is 0 Å². The molecule has 0 saturated heterocycles. The number of aryl methyl sites for hydroxylation is 2. The number of carbonyl (C=O) groups excluding carboxylic acids is 1. The second kappa shape index (κ2) is 7.44. The summed E-state index contributed by atoms with van der Waals surface area (Å²) in [5.74, 6) is 1.54. The first-order valence-corrected chi connectivity index (χ1v) is 9.38. The van der Waals surface area contributed by atoms with Gasteiger partial charge in [-0.1, -0.05) is 13.3 Å². The van der Waals surface area contributed by atoms with E-state index in [0.29, 0.717) is 18.8 Å². The molecule has 5 nitrogen and oxygen atoms in total. The van der Waals surface area contributed by atoms with E-state index in [0.717, 1.165) is 46.2 Å². The van der Waals surface area contributed by atoms with E-state index in [1.54, 1.807) is 14.2 Å².